The standard InChI is InChI=1S/C22H32N8O3S/c1-14-11-23-16(24-12-14)10-15(2)34-29-21-28-27-17(8-9-22(3,4)33-7)30(21)18-19(31-5)25-13-26-20(18)32-6/h11-13,15H,8-10H2,1-7H3,(H,28,29). The van der Waals surface area contributed by atoms with Crippen LogP contribution < -0.4 is 14.2 Å². The lowest BCUT2D eigenvalue weighted by molar-refractivity contribution is 0.0153. The SMILES string of the molecule is COc1ncnc(OC)c1-n1c(CCC(C)(C)OC)nnc1NSC(C)Cc1ncc(C)cn1. The van der Waals surface area contributed by atoms with Gasteiger partial charge in [0, 0.05) is 37.6 Å². The molecule has 12 heteroatoms. The van der Waals surface area contributed by atoms with Gasteiger partial charge in [-0.2, -0.15) is 9.97 Å². The van der Waals surface area contributed by atoms with Gasteiger partial charge in [-0.3, -0.25) is 9.29 Å². The van der Waals surface area contributed by atoms with Gasteiger partial charge in [0.2, 0.25) is 17.7 Å². The van der Waals surface area contributed by atoms with Crippen LogP contribution in [0.15, 0.2) is 18.7 Å². The minimum Gasteiger partial charge on any atom is -0.479 e. The number of nitrogens with one attached hydrogen (secondary N) is 1. The molecule has 1 unspecified atom stereocenters. The van der Waals surface area contributed by atoms with E-state index in [1.54, 1.807) is 21.3 Å². The van der Waals surface area contributed by atoms with Crippen LogP contribution in [-0.4, -0.2) is 66.9 Å². The molecular weight excluding hydrogens is 456 g/mol. The third-order valence-corrected chi connectivity index (χ3v) is 6.12. The molecule has 0 aliphatic rings. The molecule has 3 aromatic rings. The highest BCUT2D eigenvalue weighted by Crippen LogP contribution is 2.33. The normalized spacial score (nSPS) is 12.4. The van der Waals surface area contributed by atoms with Crippen LogP contribution in [0.1, 0.15) is 44.4 Å². The van der Waals surface area contributed by atoms with Crippen molar-refractivity contribution in [3.63, 3.8) is 0 Å². The lowest BCUT2D eigenvalue weighted by Crippen LogP contribution is -2.24. The van der Waals surface area contributed by atoms with Gasteiger partial charge in [-0.1, -0.05) is 6.92 Å². The number of methoxy groups -OCH3 is 3. The van der Waals surface area contributed by atoms with Gasteiger partial charge in [-0.25, -0.2) is 9.97 Å². The van der Waals surface area contributed by atoms with Gasteiger partial charge < -0.3 is 14.2 Å². The average molecular weight is 489 g/mol. The fourth-order valence-corrected chi connectivity index (χ4v) is 3.78. The highest BCUT2D eigenvalue weighted by molar-refractivity contribution is 8.01. The minimum absolute atomic E-state index is 0.166. The first-order valence-electron chi connectivity index (χ1n) is 10.9. The van der Waals surface area contributed by atoms with Crippen LogP contribution >= 0.6 is 11.9 Å². The van der Waals surface area contributed by atoms with E-state index in [0.717, 1.165) is 17.8 Å². The van der Waals surface area contributed by atoms with Crippen LogP contribution in [-0.2, 0) is 17.6 Å². The molecule has 0 aromatic carbocycles. The molecular formula is C22H32N8O3S. The van der Waals surface area contributed by atoms with Crippen molar-refractivity contribution in [3.8, 4) is 17.4 Å². The average Bonchev–Trinajstić information content (AvgIpc) is 3.24. The van der Waals surface area contributed by atoms with Crippen LogP contribution in [0.25, 0.3) is 5.69 Å². The molecule has 184 valence electrons. The third kappa shape index (κ3) is 6.32. The van der Waals surface area contributed by atoms with Crippen molar-refractivity contribution < 1.29 is 14.2 Å². The molecule has 11 nitrogen and oxygen atoms in total. The van der Waals surface area contributed by atoms with E-state index in [4.69, 9.17) is 14.2 Å². The summed E-state index contributed by atoms with van der Waals surface area (Å²) >= 11 is 1.51. The van der Waals surface area contributed by atoms with E-state index in [0.29, 0.717) is 42.1 Å². The van der Waals surface area contributed by atoms with Crippen molar-refractivity contribution in [3.05, 3.63) is 35.9 Å². The molecule has 0 saturated carbocycles. The Morgan fingerprint density at radius 1 is 1.03 bits per heavy atom. The fourth-order valence-electron chi connectivity index (χ4n) is 3.11. The molecule has 0 aliphatic carbocycles. The maximum atomic E-state index is 5.58. The van der Waals surface area contributed by atoms with Gasteiger partial charge >= 0.3 is 0 Å². The van der Waals surface area contributed by atoms with E-state index in [1.165, 1.54) is 18.3 Å². The number of nitrogens with zero attached hydrogens (tertiary/aromatic N) is 7. The molecule has 3 heterocycles. The fraction of sp³-hybridized carbons (Fsp3) is 0.545. The highest BCUT2D eigenvalue weighted by Gasteiger charge is 2.25. The maximum absolute atomic E-state index is 5.58. The van der Waals surface area contributed by atoms with Gasteiger partial charge in [0.15, 0.2) is 5.69 Å². The Hall–Kier alpha value is -2.99. The molecule has 0 aliphatic heterocycles. The van der Waals surface area contributed by atoms with Crippen molar-refractivity contribution in [1.29, 1.82) is 0 Å². The second-order valence-electron chi connectivity index (χ2n) is 8.39. The Balaban J connectivity index is 1.89. The number of aryl methyl sites for hydroxylation is 2. The van der Waals surface area contributed by atoms with Gasteiger partial charge in [0.05, 0.1) is 19.8 Å². The molecule has 0 saturated heterocycles. The van der Waals surface area contributed by atoms with E-state index in [-0.39, 0.29) is 10.9 Å². The molecule has 3 rings (SSSR count). The topological polar surface area (TPSA) is 122 Å². The summed E-state index contributed by atoms with van der Waals surface area (Å²) in [6, 6.07) is 0. The second kappa shape index (κ2) is 11.4. The first-order valence-corrected chi connectivity index (χ1v) is 11.8. The summed E-state index contributed by atoms with van der Waals surface area (Å²) in [6.07, 6.45) is 7.08. The first kappa shape index (κ1) is 25.6. The van der Waals surface area contributed by atoms with Crippen LogP contribution in [0.5, 0.6) is 11.8 Å². The van der Waals surface area contributed by atoms with Crippen molar-refractivity contribution in [1.82, 2.24) is 34.7 Å². The predicted molar refractivity (Wildman–Crippen MR) is 131 cm³/mol. The summed E-state index contributed by atoms with van der Waals surface area (Å²) < 4.78 is 21.8. The second-order valence-corrected chi connectivity index (χ2v) is 9.64. The van der Waals surface area contributed by atoms with E-state index >= 15 is 0 Å². The summed E-state index contributed by atoms with van der Waals surface area (Å²) in [7, 11) is 4.80. The van der Waals surface area contributed by atoms with Crippen LogP contribution in [0.4, 0.5) is 5.95 Å². The summed E-state index contributed by atoms with van der Waals surface area (Å²) in [5.74, 6) is 2.71. The molecule has 34 heavy (non-hydrogen) atoms. The number of hydrogen-bond donors (Lipinski definition) is 1. The number of hydrogen-bond acceptors (Lipinski definition) is 11. The van der Waals surface area contributed by atoms with Crippen LogP contribution in [0.3, 0.4) is 0 Å². The zero-order chi connectivity index (χ0) is 24.7. The van der Waals surface area contributed by atoms with E-state index < -0.39 is 0 Å². The molecule has 3 aromatic heterocycles. The third-order valence-electron chi connectivity index (χ3n) is 5.25. The van der Waals surface area contributed by atoms with Gasteiger partial charge in [0.25, 0.3) is 0 Å². The molecule has 0 bridgehead atoms. The van der Waals surface area contributed by atoms with E-state index in [9.17, 15) is 0 Å². The lowest BCUT2D eigenvalue weighted by atomic mass is 10.0. The zero-order valence-electron chi connectivity index (χ0n) is 20.7. The van der Waals surface area contributed by atoms with E-state index in [2.05, 4.69) is 41.8 Å². The Morgan fingerprint density at radius 2 is 1.68 bits per heavy atom. The molecule has 1 atom stereocenters. The van der Waals surface area contributed by atoms with Crippen molar-refractivity contribution >= 4 is 17.9 Å². The smallest absolute Gasteiger partial charge is 0.245 e. The summed E-state index contributed by atoms with van der Waals surface area (Å²) in [5.41, 5.74) is 1.25. The van der Waals surface area contributed by atoms with Crippen molar-refractivity contribution in [2.75, 3.05) is 26.1 Å². The van der Waals surface area contributed by atoms with Crippen LogP contribution in [0.2, 0.25) is 0 Å². The van der Waals surface area contributed by atoms with E-state index in [1.807, 2.05) is 37.7 Å². The number of anilines is 1. The lowest BCUT2D eigenvalue weighted by Gasteiger charge is -2.23. The summed E-state index contributed by atoms with van der Waals surface area (Å²) in [6.45, 7) is 8.13. The Kier molecular flexibility index (Phi) is 8.61. The molecule has 0 spiro atoms. The molecule has 0 fully saturated rings. The monoisotopic (exact) mass is 488 g/mol. The highest BCUT2D eigenvalue weighted by atomic mass is 32.2. The van der Waals surface area contributed by atoms with Crippen molar-refractivity contribution in [2.24, 2.45) is 0 Å². The van der Waals surface area contributed by atoms with Crippen LogP contribution in [0, 0.1) is 6.92 Å². The largest absolute Gasteiger partial charge is 0.479 e. The number of rotatable bonds is 12. The number of ether oxygens (including phenoxy) is 3. The quantitative estimate of drug-likeness (QED) is 0.378. The first-order chi connectivity index (χ1) is 16.3. The molecule has 1 N–H and O–H groups in total. The Labute approximate surface area is 204 Å². The van der Waals surface area contributed by atoms with Gasteiger partial charge in [-0.15, -0.1) is 10.2 Å². The zero-order valence-corrected chi connectivity index (χ0v) is 21.5. The van der Waals surface area contributed by atoms with Crippen molar-refractivity contribution in [2.45, 2.75) is 57.8 Å². The Morgan fingerprint density at radius 3 is 2.26 bits per heavy atom. The maximum Gasteiger partial charge on any atom is 0.245 e. The summed E-state index contributed by atoms with van der Waals surface area (Å²) in [5, 5.41) is 9.01. The minimum atomic E-state index is -0.316. The predicted octanol–water partition coefficient (Wildman–Crippen LogP) is 3.22. The molecule has 0 amide bonds. The molecule has 0 radical (unpaired) electrons. The Bertz CT molecular complexity index is 1050. The summed E-state index contributed by atoms with van der Waals surface area (Å²) in [4.78, 5) is 17.3. The number of aromatic nitrogens is 7. The van der Waals surface area contributed by atoms with Gasteiger partial charge in [-0.05, 0) is 44.7 Å². The van der Waals surface area contributed by atoms with Gasteiger partial charge in [0.1, 0.15) is 18.0 Å².